The molecule has 33 heavy (non-hydrogen) atoms. The van der Waals surface area contributed by atoms with Gasteiger partial charge in [0.05, 0.1) is 18.8 Å². The van der Waals surface area contributed by atoms with E-state index in [9.17, 15) is 9.59 Å². The molecule has 2 amide bonds. The van der Waals surface area contributed by atoms with Crippen LogP contribution in [0.1, 0.15) is 45.4 Å². The molecule has 1 aromatic carbocycles. The summed E-state index contributed by atoms with van der Waals surface area (Å²) in [6.45, 7) is 9.83. The van der Waals surface area contributed by atoms with Crippen LogP contribution in [0.2, 0.25) is 0 Å². The molecule has 0 bridgehead atoms. The van der Waals surface area contributed by atoms with Gasteiger partial charge in [0.25, 0.3) is 0 Å². The lowest BCUT2D eigenvalue weighted by Crippen LogP contribution is -2.57. The number of carbonyl (C=O) groups excluding carboxylic acids is 2. The molecule has 184 valence electrons. The third-order valence-corrected chi connectivity index (χ3v) is 6.98. The summed E-state index contributed by atoms with van der Waals surface area (Å²) in [5, 5.41) is 0. The van der Waals surface area contributed by atoms with E-state index in [1.807, 2.05) is 6.07 Å². The van der Waals surface area contributed by atoms with Gasteiger partial charge >= 0.3 is 0 Å². The number of fused-ring (bicyclic) bond motifs is 1. The van der Waals surface area contributed by atoms with E-state index in [1.54, 1.807) is 9.80 Å². The fourth-order valence-electron chi connectivity index (χ4n) is 5.07. The fourth-order valence-corrected chi connectivity index (χ4v) is 5.07. The molecule has 1 aromatic rings. The Bertz CT molecular complexity index is 785. The lowest BCUT2D eigenvalue weighted by Gasteiger charge is -2.37. The summed E-state index contributed by atoms with van der Waals surface area (Å²) in [6, 6.07) is 8.20. The van der Waals surface area contributed by atoms with Gasteiger partial charge in [0.15, 0.2) is 0 Å². The first kappa shape index (κ1) is 25.6. The molecule has 4 rings (SSSR count). The molecule has 0 saturated carbocycles. The number of hydrogen-bond acceptors (Lipinski definition) is 5. The number of halogens is 1. The third-order valence-electron chi connectivity index (χ3n) is 6.98. The number of hydrogen-bond donors (Lipinski definition) is 0. The van der Waals surface area contributed by atoms with Crippen molar-refractivity contribution in [2.45, 2.75) is 51.5 Å². The number of anilines is 1. The van der Waals surface area contributed by atoms with Gasteiger partial charge in [0, 0.05) is 39.3 Å². The van der Waals surface area contributed by atoms with Crippen molar-refractivity contribution in [1.82, 2.24) is 14.7 Å². The minimum Gasteiger partial charge on any atom is -0.491 e. The highest BCUT2D eigenvalue weighted by Gasteiger charge is 2.41. The van der Waals surface area contributed by atoms with Crippen molar-refractivity contribution in [2.24, 2.45) is 0 Å². The Morgan fingerprint density at radius 2 is 1.73 bits per heavy atom. The normalized spacial score (nSPS) is 21.2. The lowest BCUT2D eigenvalue weighted by molar-refractivity contribution is -0.153. The molecule has 0 spiro atoms. The van der Waals surface area contributed by atoms with Gasteiger partial charge in [0.2, 0.25) is 11.8 Å². The average Bonchev–Trinajstić information content (AvgIpc) is 3.32. The minimum absolute atomic E-state index is 0. The van der Waals surface area contributed by atoms with E-state index in [1.165, 1.54) is 5.69 Å². The van der Waals surface area contributed by atoms with E-state index in [2.05, 4.69) is 34.9 Å². The zero-order valence-corrected chi connectivity index (χ0v) is 20.7. The lowest BCUT2D eigenvalue weighted by atomic mass is 10.1. The number of rotatable bonds is 10. The SMILES string of the molecule is CCCCOc1ccccc1N1CCN(CCCCN2CC(=O)N3CCCC3C2=O)CC1.Cl. The number of benzene rings is 1. The van der Waals surface area contributed by atoms with Crippen molar-refractivity contribution in [3.05, 3.63) is 24.3 Å². The smallest absolute Gasteiger partial charge is 0.245 e. The quantitative estimate of drug-likeness (QED) is 0.484. The van der Waals surface area contributed by atoms with Crippen molar-refractivity contribution >= 4 is 29.9 Å². The molecule has 3 fully saturated rings. The van der Waals surface area contributed by atoms with Crippen LogP contribution in [0.3, 0.4) is 0 Å². The molecule has 3 saturated heterocycles. The predicted molar refractivity (Wildman–Crippen MR) is 133 cm³/mol. The first-order valence-corrected chi connectivity index (χ1v) is 12.4. The Labute approximate surface area is 204 Å². The summed E-state index contributed by atoms with van der Waals surface area (Å²) in [5.41, 5.74) is 1.21. The Hall–Kier alpha value is -1.99. The zero-order chi connectivity index (χ0) is 22.3. The summed E-state index contributed by atoms with van der Waals surface area (Å²) in [7, 11) is 0. The van der Waals surface area contributed by atoms with Crippen molar-refractivity contribution in [3.63, 3.8) is 0 Å². The Balaban J connectivity index is 0.00000306. The van der Waals surface area contributed by atoms with E-state index in [-0.39, 0.29) is 36.8 Å². The number of para-hydroxylation sites is 2. The molecule has 1 unspecified atom stereocenters. The highest BCUT2D eigenvalue weighted by Crippen LogP contribution is 2.29. The summed E-state index contributed by atoms with van der Waals surface area (Å²) < 4.78 is 6.02. The molecule has 7 nitrogen and oxygen atoms in total. The van der Waals surface area contributed by atoms with Crippen LogP contribution in [0.25, 0.3) is 0 Å². The molecular formula is C25H39ClN4O3. The number of piperazine rings is 2. The first-order chi connectivity index (χ1) is 15.7. The van der Waals surface area contributed by atoms with Gasteiger partial charge in [0.1, 0.15) is 11.8 Å². The van der Waals surface area contributed by atoms with Crippen LogP contribution in [0.15, 0.2) is 24.3 Å². The van der Waals surface area contributed by atoms with E-state index >= 15 is 0 Å². The average molecular weight is 479 g/mol. The van der Waals surface area contributed by atoms with E-state index in [4.69, 9.17) is 4.74 Å². The highest BCUT2D eigenvalue weighted by atomic mass is 35.5. The minimum atomic E-state index is -0.182. The summed E-state index contributed by atoms with van der Waals surface area (Å²) in [6.07, 6.45) is 6.03. The summed E-state index contributed by atoms with van der Waals surface area (Å²) in [5.74, 6) is 1.29. The molecule has 0 radical (unpaired) electrons. The maximum Gasteiger partial charge on any atom is 0.245 e. The Kier molecular flexibility index (Phi) is 9.68. The van der Waals surface area contributed by atoms with Gasteiger partial charge in [-0.15, -0.1) is 12.4 Å². The third kappa shape index (κ3) is 6.33. The van der Waals surface area contributed by atoms with E-state index < -0.39 is 0 Å². The predicted octanol–water partition coefficient (Wildman–Crippen LogP) is 3.02. The second-order valence-electron chi connectivity index (χ2n) is 9.21. The molecule has 8 heteroatoms. The molecule has 1 atom stereocenters. The van der Waals surface area contributed by atoms with Crippen LogP contribution >= 0.6 is 12.4 Å². The maximum atomic E-state index is 12.6. The second-order valence-corrected chi connectivity index (χ2v) is 9.21. The number of unbranched alkanes of at least 4 members (excludes halogenated alkanes) is 2. The van der Waals surface area contributed by atoms with E-state index in [0.29, 0.717) is 6.54 Å². The van der Waals surface area contributed by atoms with Gasteiger partial charge < -0.3 is 19.4 Å². The van der Waals surface area contributed by atoms with Crippen molar-refractivity contribution < 1.29 is 14.3 Å². The largest absolute Gasteiger partial charge is 0.491 e. The number of ether oxygens (including phenoxy) is 1. The van der Waals surface area contributed by atoms with Crippen LogP contribution in [-0.4, -0.2) is 91.5 Å². The monoisotopic (exact) mass is 478 g/mol. The highest BCUT2D eigenvalue weighted by molar-refractivity contribution is 5.95. The fraction of sp³-hybridized carbons (Fsp3) is 0.680. The molecule has 0 N–H and O–H groups in total. The van der Waals surface area contributed by atoms with Crippen LogP contribution in [0, 0.1) is 0 Å². The maximum absolute atomic E-state index is 12.6. The first-order valence-electron chi connectivity index (χ1n) is 12.4. The summed E-state index contributed by atoms with van der Waals surface area (Å²) in [4.78, 5) is 33.4. The molecular weight excluding hydrogens is 440 g/mol. The Morgan fingerprint density at radius 3 is 2.52 bits per heavy atom. The summed E-state index contributed by atoms with van der Waals surface area (Å²) >= 11 is 0. The van der Waals surface area contributed by atoms with Gasteiger partial charge in [-0.1, -0.05) is 25.5 Å². The van der Waals surface area contributed by atoms with Crippen LogP contribution in [0.4, 0.5) is 5.69 Å². The van der Waals surface area contributed by atoms with Gasteiger partial charge in [-0.3, -0.25) is 14.5 Å². The number of carbonyl (C=O) groups is 2. The zero-order valence-electron chi connectivity index (χ0n) is 19.9. The topological polar surface area (TPSA) is 56.3 Å². The van der Waals surface area contributed by atoms with Gasteiger partial charge in [-0.05, 0) is 50.8 Å². The Morgan fingerprint density at radius 1 is 0.970 bits per heavy atom. The van der Waals surface area contributed by atoms with Crippen LogP contribution in [0.5, 0.6) is 5.75 Å². The standard InChI is InChI=1S/C25H38N4O3.ClH/c1-2-3-19-32-23-11-5-4-9-21(23)27-17-15-26(16-18-27)12-6-7-13-28-20-24(30)29-14-8-10-22(29)25(28)31;/h4-5,9,11,22H,2-3,6-8,10,12-20H2,1H3;1H. The molecule has 3 heterocycles. The molecule has 0 aliphatic carbocycles. The number of amides is 2. The van der Waals surface area contributed by atoms with Crippen LogP contribution < -0.4 is 9.64 Å². The van der Waals surface area contributed by atoms with Gasteiger partial charge in [-0.2, -0.15) is 0 Å². The molecule has 3 aliphatic heterocycles. The van der Waals surface area contributed by atoms with Crippen molar-refractivity contribution in [2.75, 3.05) is 63.9 Å². The van der Waals surface area contributed by atoms with Crippen LogP contribution in [-0.2, 0) is 9.59 Å². The molecule has 0 aromatic heterocycles. The van der Waals surface area contributed by atoms with Crippen molar-refractivity contribution in [1.29, 1.82) is 0 Å². The van der Waals surface area contributed by atoms with Gasteiger partial charge in [-0.25, -0.2) is 0 Å². The van der Waals surface area contributed by atoms with Crippen molar-refractivity contribution in [3.8, 4) is 5.75 Å². The second kappa shape index (κ2) is 12.5. The molecule has 3 aliphatic rings. The van der Waals surface area contributed by atoms with E-state index in [0.717, 1.165) is 90.1 Å². The number of nitrogens with zero attached hydrogens (tertiary/aromatic N) is 4.